The van der Waals surface area contributed by atoms with Gasteiger partial charge in [-0.15, -0.1) is 0 Å². The second-order valence-electron chi connectivity index (χ2n) is 6.66. The third kappa shape index (κ3) is 4.34. The molecule has 0 atom stereocenters. The van der Waals surface area contributed by atoms with Gasteiger partial charge in [0.25, 0.3) is 15.9 Å². The van der Waals surface area contributed by atoms with Gasteiger partial charge in [0.1, 0.15) is 0 Å². The fourth-order valence-corrected chi connectivity index (χ4v) is 4.45. The first-order valence-electron chi connectivity index (χ1n) is 8.56. The molecule has 2 N–H and O–H groups in total. The molecule has 0 heterocycles. The lowest BCUT2D eigenvalue weighted by molar-refractivity contribution is 0.0952. The molecule has 1 fully saturated rings. The summed E-state index contributed by atoms with van der Waals surface area (Å²) in [5.41, 5.74) is 0.385. The van der Waals surface area contributed by atoms with Crippen molar-refractivity contribution < 1.29 is 21.6 Å². The van der Waals surface area contributed by atoms with Gasteiger partial charge in [-0.25, -0.2) is 21.1 Å². The van der Waals surface area contributed by atoms with Gasteiger partial charge in [-0.1, -0.05) is 12.1 Å². The molecule has 3 rings (SSSR count). The minimum atomic E-state index is -4.00. The number of rotatable bonds is 7. The minimum Gasteiger partial charge on any atom is -0.349 e. The quantitative estimate of drug-likeness (QED) is 0.703. The molecule has 1 aliphatic carbocycles. The molecule has 0 unspecified atom stereocenters. The van der Waals surface area contributed by atoms with E-state index < -0.39 is 20.0 Å². The van der Waals surface area contributed by atoms with Gasteiger partial charge in [-0.05, 0) is 49.2 Å². The Morgan fingerprint density at radius 1 is 0.929 bits per heavy atom. The van der Waals surface area contributed by atoms with Crippen LogP contribution in [0.15, 0.2) is 58.3 Å². The average Bonchev–Trinajstić information content (AvgIpc) is 3.45. The van der Waals surface area contributed by atoms with Gasteiger partial charge in [0, 0.05) is 20.1 Å². The Morgan fingerprint density at radius 2 is 1.50 bits per heavy atom. The molecular formula is C18H21N3O5S2. The van der Waals surface area contributed by atoms with Crippen LogP contribution in [0, 0.1) is 0 Å². The molecule has 8 nitrogen and oxygen atoms in total. The van der Waals surface area contributed by atoms with Gasteiger partial charge in [-0.2, -0.15) is 0 Å². The first-order valence-corrected chi connectivity index (χ1v) is 11.5. The fraction of sp³-hybridized carbons (Fsp3) is 0.278. The fourth-order valence-electron chi connectivity index (χ4n) is 2.47. The van der Waals surface area contributed by atoms with Crippen LogP contribution in [0.25, 0.3) is 0 Å². The molecule has 2 aromatic carbocycles. The molecule has 1 amide bonds. The van der Waals surface area contributed by atoms with Gasteiger partial charge >= 0.3 is 0 Å². The van der Waals surface area contributed by atoms with Crippen LogP contribution in [0.5, 0.6) is 0 Å². The predicted molar refractivity (Wildman–Crippen MR) is 105 cm³/mol. The van der Waals surface area contributed by atoms with E-state index in [-0.39, 0.29) is 33.0 Å². The summed E-state index contributed by atoms with van der Waals surface area (Å²) in [5.74, 6) is -0.340. The highest BCUT2D eigenvalue weighted by atomic mass is 32.2. The molecule has 150 valence electrons. The van der Waals surface area contributed by atoms with Crippen LogP contribution in [-0.2, 0) is 20.0 Å². The number of para-hydroxylation sites is 1. The Kier molecular flexibility index (Phi) is 5.46. The van der Waals surface area contributed by atoms with Crippen LogP contribution in [0.1, 0.15) is 23.2 Å². The largest absolute Gasteiger partial charge is 0.349 e. The van der Waals surface area contributed by atoms with Crippen LogP contribution in [0.2, 0.25) is 0 Å². The van der Waals surface area contributed by atoms with E-state index in [1.54, 1.807) is 18.2 Å². The van der Waals surface area contributed by atoms with Gasteiger partial charge in [0.15, 0.2) is 0 Å². The van der Waals surface area contributed by atoms with E-state index in [9.17, 15) is 21.6 Å². The highest BCUT2D eigenvalue weighted by Crippen LogP contribution is 2.24. The van der Waals surface area contributed by atoms with Crippen molar-refractivity contribution in [3.8, 4) is 0 Å². The number of benzene rings is 2. The Hall–Kier alpha value is -2.43. The second-order valence-corrected chi connectivity index (χ2v) is 10.5. The molecule has 1 saturated carbocycles. The van der Waals surface area contributed by atoms with Crippen molar-refractivity contribution in [2.45, 2.75) is 28.7 Å². The van der Waals surface area contributed by atoms with Crippen molar-refractivity contribution in [3.63, 3.8) is 0 Å². The predicted octanol–water partition coefficient (Wildman–Crippen LogP) is 1.63. The number of sulfonamides is 2. The SMILES string of the molecule is CN(C)S(=O)(=O)c1ccc(S(=O)(=O)Nc2ccccc2C(=O)NC2CC2)cc1. The lowest BCUT2D eigenvalue weighted by Gasteiger charge is -2.14. The van der Waals surface area contributed by atoms with Crippen molar-refractivity contribution in [1.82, 2.24) is 9.62 Å². The highest BCUT2D eigenvalue weighted by Gasteiger charge is 2.26. The van der Waals surface area contributed by atoms with Gasteiger partial charge in [-0.3, -0.25) is 9.52 Å². The summed E-state index contributed by atoms with van der Waals surface area (Å²) in [7, 11) is -4.87. The number of nitrogens with zero attached hydrogens (tertiary/aromatic N) is 1. The maximum absolute atomic E-state index is 12.7. The number of hydrogen-bond donors (Lipinski definition) is 2. The Bertz CT molecular complexity index is 1090. The zero-order valence-corrected chi connectivity index (χ0v) is 17.0. The third-order valence-electron chi connectivity index (χ3n) is 4.24. The van der Waals surface area contributed by atoms with E-state index in [1.165, 1.54) is 44.4 Å². The summed E-state index contributed by atoms with van der Waals surface area (Å²) in [6.45, 7) is 0. The number of nitrogens with one attached hydrogen (secondary N) is 2. The maximum Gasteiger partial charge on any atom is 0.261 e. The van der Waals surface area contributed by atoms with Crippen LogP contribution in [0.4, 0.5) is 5.69 Å². The smallest absolute Gasteiger partial charge is 0.261 e. The van der Waals surface area contributed by atoms with Crippen molar-refractivity contribution >= 4 is 31.6 Å². The Balaban J connectivity index is 1.86. The topological polar surface area (TPSA) is 113 Å². The van der Waals surface area contributed by atoms with Gasteiger partial charge in [0.2, 0.25) is 10.0 Å². The molecule has 0 bridgehead atoms. The first-order chi connectivity index (χ1) is 13.1. The van der Waals surface area contributed by atoms with E-state index >= 15 is 0 Å². The monoisotopic (exact) mass is 423 g/mol. The molecule has 0 saturated heterocycles. The summed E-state index contributed by atoms with van der Waals surface area (Å²) in [5, 5.41) is 2.83. The average molecular weight is 424 g/mol. The van der Waals surface area contributed by atoms with E-state index in [0.29, 0.717) is 0 Å². The van der Waals surface area contributed by atoms with Crippen LogP contribution < -0.4 is 10.0 Å². The summed E-state index contributed by atoms with van der Waals surface area (Å²) in [6.07, 6.45) is 1.84. The number of carbonyl (C=O) groups excluding carboxylic acids is 1. The minimum absolute atomic E-state index is 0.0133. The highest BCUT2D eigenvalue weighted by molar-refractivity contribution is 7.92. The molecule has 0 aliphatic heterocycles. The number of amides is 1. The maximum atomic E-state index is 12.7. The molecule has 10 heteroatoms. The summed E-state index contributed by atoms with van der Waals surface area (Å²) in [6, 6.07) is 11.4. The van der Waals surface area contributed by atoms with Crippen molar-refractivity contribution in [2.75, 3.05) is 18.8 Å². The molecule has 1 aliphatic rings. The van der Waals surface area contributed by atoms with E-state index in [0.717, 1.165) is 17.1 Å². The summed E-state index contributed by atoms with van der Waals surface area (Å²) >= 11 is 0. The summed E-state index contributed by atoms with van der Waals surface area (Å²) in [4.78, 5) is 12.2. The second kappa shape index (κ2) is 7.53. The standard InChI is InChI=1S/C18H21N3O5S2/c1-21(2)28(25,26)15-11-9-14(10-12-15)27(23,24)20-17-6-4-3-5-16(17)18(22)19-13-7-8-13/h3-6,9-13,20H,7-8H2,1-2H3,(H,19,22). The van der Waals surface area contributed by atoms with Gasteiger partial charge < -0.3 is 5.32 Å². The number of carbonyl (C=O) groups is 1. The number of anilines is 1. The van der Waals surface area contributed by atoms with E-state index in [2.05, 4.69) is 10.0 Å². The van der Waals surface area contributed by atoms with E-state index in [4.69, 9.17) is 0 Å². The molecule has 28 heavy (non-hydrogen) atoms. The third-order valence-corrected chi connectivity index (χ3v) is 7.45. The van der Waals surface area contributed by atoms with E-state index in [1.807, 2.05) is 0 Å². The lowest BCUT2D eigenvalue weighted by Crippen LogP contribution is -2.27. The molecule has 0 aromatic heterocycles. The Labute approximate surface area is 164 Å². The van der Waals surface area contributed by atoms with Crippen molar-refractivity contribution in [2.24, 2.45) is 0 Å². The van der Waals surface area contributed by atoms with Crippen molar-refractivity contribution in [1.29, 1.82) is 0 Å². The molecule has 0 radical (unpaired) electrons. The molecular weight excluding hydrogens is 402 g/mol. The zero-order valence-electron chi connectivity index (χ0n) is 15.4. The Morgan fingerprint density at radius 3 is 2.07 bits per heavy atom. The van der Waals surface area contributed by atoms with Crippen molar-refractivity contribution in [3.05, 3.63) is 54.1 Å². The number of hydrogen-bond acceptors (Lipinski definition) is 5. The zero-order chi connectivity index (χ0) is 20.5. The van der Waals surface area contributed by atoms with Crippen LogP contribution in [0.3, 0.4) is 0 Å². The first kappa shape index (κ1) is 20.3. The lowest BCUT2D eigenvalue weighted by atomic mass is 10.1. The van der Waals surface area contributed by atoms with Gasteiger partial charge in [0.05, 0.1) is 21.0 Å². The normalized spacial score (nSPS) is 14.7. The summed E-state index contributed by atoms with van der Waals surface area (Å²) < 4.78 is 53.1. The molecule has 0 spiro atoms. The molecule has 2 aromatic rings. The van der Waals surface area contributed by atoms with Crippen LogP contribution >= 0.6 is 0 Å². The van der Waals surface area contributed by atoms with Crippen LogP contribution in [-0.4, -0.2) is 47.2 Å².